The van der Waals surface area contributed by atoms with E-state index >= 15 is 0 Å². The van der Waals surface area contributed by atoms with Gasteiger partial charge < -0.3 is 0 Å². The Hall–Kier alpha value is -1.63. The third-order valence-electron chi connectivity index (χ3n) is 4.70. The highest BCUT2D eigenvalue weighted by atomic mass is 15.0. The lowest BCUT2D eigenvalue weighted by molar-refractivity contribution is -0.437. The molecular formula is C20H26N+. The molecule has 1 heterocycles. The summed E-state index contributed by atoms with van der Waals surface area (Å²) in [5, 5.41) is 2.82. The Kier molecular flexibility index (Phi) is 4.38. The van der Waals surface area contributed by atoms with Crippen LogP contribution in [0.4, 0.5) is 5.69 Å². The number of rotatable bonds is 7. The lowest BCUT2D eigenvalue weighted by atomic mass is 10.0. The second-order valence-corrected chi connectivity index (χ2v) is 6.19. The van der Waals surface area contributed by atoms with Crippen molar-refractivity contribution in [1.29, 1.82) is 0 Å². The molecule has 0 spiro atoms. The summed E-state index contributed by atoms with van der Waals surface area (Å²) in [6.45, 7) is 5.71. The van der Waals surface area contributed by atoms with Crippen molar-refractivity contribution >= 4 is 22.2 Å². The molecule has 0 saturated carbocycles. The average Bonchev–Trinajstić information content (AvgIpc) is 2.79. The smallest absolute Gasteiger partial charge is 0.195 e. The Morgan fingerprint density at radius 3 is 2.38 bits per heavy atom. The molecule has 3 rings (SSSR count). The zero-order chi connectivity index (χ0) is 14.7. The fraction of sp³-hybridized carbons (Fsp3) is 0.450. The van der Waals surface area contributed by atoms with Crippen LogP contribution in [0.3, 0.4) is 0 Å². The minimum atomic E-state index is 1.16. The van der Waals surface area contributed by atoms with Crippen molar-refractivity contribution in [2.45, 2.75) is 52.4 Å². The van der Waals surface area contributed by atoms with Crippen LogP contribution in [-0.4, -0.2) is 16.8 Å². The van der Waals surface area contributed by atoms with E-state index in [-0.39, 0.29) is 0 Å². The molecule has 0 N–H and O–H groups in total. The molecule has 1 heteroatoms. The molecule has 1 aliphatic rings. The molecular weight excluding hydrogens is 254 g/mol. The first-order valence-electron chi connectivity index (χ1n) is 8.46. The van der Waals surface area contributed by atoms with Crippen LogP contribution >= 0.6 is 0 Å². The lowest BCUT2D eigenvalue weighted by Crippen LogP contribution is -2.12. The summed E-state index contributed by atoms with van der Waals surface area (Å²) in [5.74, 6) is 0. The van der Waals surface area contributed by atoms with Crippen molar-refractivity contribution in [2.75, 3.05) is 6.54 Å². The van der Waals surface area contributed by atoms with E-state index in [4.69, 9.17) is 0 Å². The minimum Gasteiger partial charge on any atom is -0.195 e. The van der Waals surface area contributed by atoms with Crippen LogP contribution in [0.5, 0.6) is 0 Å². The van der Waals surface area contributed by atoms with E-state index in [1.165, 1.54) is 66.3 Å². The van der Waals surface area contributed by atoms with E-state index in [0.717, 1.165) is 6.54 Å². The van der Waals surface area contributed by atoms with Gasteiger partial charge in [-0.15, -0.1) is 0 Å². The summed E-state index contributed by atoms with van der Waals surface area (Å²) in [5.41, 5.74) is 4.26. The third-order valence-corrected chi connectivity index (χ3v) is 4.70. The van der Waals surface area contributed by atoms with Gasteiger partial charge in [0.15, 0.2) is 5.71 Å². The highest BCUT2D eigenvalue weighted by Gasteiger charge is 2.28. The van der Waals surface area contributed by atoms with Crippen LogP contribution in [-0.2, 0) is 0 Å². The van der Waals surface area contributed by atoms with Gasteiger partial charge in [-0.05, 0) is 17.9 Å². The normalized spacial score (nSPS) is 13.4. The van der Waals surface area contributed by atoms with Gasteiger partial charge in [0.05, 0.1) is 10.9 Å². The number of unbranched alkanes of at least 4 members (excludes halogenated alkanes) is 5. The second kappa shape index (κ2) is 6.43. The molecule has 0 aliphatic carbocycles. The minimum absolute atomic E-state index is 1.16. The van der Waals surface area contributed by atoms with Gasteiger partial charge in [0.1, 0.15) is 6.54 Å². The predicted octanol–water partition coefficient (Wildman–Crippen LogP) is 5.67. The van der Waals surface area contributed by atoms with Gasteiger partial charge in [-0.3, -0.25) is 0 Å². The summed E-state index contributed by atoms with van der Waals surface area (Å²) in [4.78, 5) is 0. The average molecular weight is 280 g/mol. The van der Waals surface area contributed by atoms with E-state index in [0.29, 0.717) is 0 Å². The summed E-state index contributed by atoms with van der Waals surface area (Å²) in [7, 11) is 0. The maximum atomic E-state index is 2.53. The summed E-state index contributed by atoms with van der Waals surface area (Å²) < 4.78 is 2.53. The fourth-order valence-electron chi connectivity index (χ4n) is 3.51. The maximum absolute atomic E-state index is 2.53. The highest BCUT2D eigenvalue weighted by Crippen LogP contribution is 2.35. The fourth-order valence-corrected chi connectivity index (χ4v) is 3.51. The Balaban J connectivity index is 1.73. The van der Waals surface area contributed by atoms with E-state index in [1.54, 1.807) is 0 Å². The van der Waals surface area contributed by atoms with Gasteiger partial charge in [-0.2, -0.15) is 4.58 Å². The molecule has 2 aromatic carbocycles. The van der Waals surface area contributed by atoms with Crippen molar-refractivity contribution in [3.8, 4) is 0 Å². The number of benzene rings is 2. The van der Waals surface area contributed by atoms with E-state index in [9.17, 15) is 0 Å². The standard InChI is InChI=1S/C20H26N/c1-3-4-5-6-7-8-15-21-16(2)18-13-9-11-17-12-10-14-19(21)20(17)18/h9-14H,3-8,15H2,1-2H3/q+1. The summed E-state index contributed by atoms with van der Waals surface area (Å²) in [6.07, 6.45) is 8.16. The third kappa shape index (κ3) is 2.74. The second-order valence-electron chi connectivity index (χ2n) is 6.19. The number of hydrogen-bond acceptors (Lipinski definition) is 0. The molecule has 2 aromatic rings. The van der Waals surface area contributed by atoms with Crippen LogP contribution in [0.15, 0.2) is 36.4 Å². The molecule has 0 aromatic heterocycles. The van der Waals surface area contributed by atoms with Gasteiger partial charge in [0.2, 0.25) is 5.69 Å². The van der Waals surface area contributed by atoms with Crippen LogP contribution in [0, 0.1) is 0 Å². The zero-order valence-electron chi connectivity index (χ0n) is 13.4. The first kappa shape index (κ1) is 14.3. The van der Waals surface area contributed by atoms with Crippen molar-refractivity contribution in [2.24, 2.45) is 0 Å². The van der Waals surface area contributed by atoms with E-state index in [1.807, 2.05) is 0 Å². The quantitative estimate of drug-likeness (QED) is 0.454. The van der Waals surface area contributed by atoms with Gasteiger partial charge in [0, 0.05) is 19.4 Å². The van der Waals surface area contributed by atoms with Crippen molar-refractivity contribution < 1.29 is 4.58 Å². The molecule has 110 valence electrons. The molecule has 1 nitrogen and oxygen atoms in total. The van der Waals surface area contributed by atoms with E-state index < -0.39 is 0 Å². The molecule has 0 saturated heterocycles. The SMILES string of the molecule is CCCCCCCC[N+]1=C(C)c2cccc3cccc1c23. The first-order valence-corrected chi connectivity index (χ1v) is 8.46. The highest BCUT2D eigenvalue weighted by molar-refractivity contribution is 6.14. The Labute approximate surface area is 128 Å². The maximum Gasteiger partial charge on any atom is 0.214 e. The van der Waals surface area contributed by atoms with Gasteiger partial charge in [0.25, 0.3) is 0 Å². The Morgan fingerprint density at radius 1 is 0.857 bits per heavy atom. The van der Waals surface area contributed by atoms with Gasteiger partial charge in [-0.1, -0.05) is 56.9 Å². The van der Waals surface area contributed by atoms with Crippen LogP contribution in [0.25, 0.3) is 10.8 Å². The van der Waals surface area contributed by atoms with Crippen molar-refractivity contribution in [1.82, 2.24) is 0 Å². The molecule has 0 amide bonds. The predicted molar refractivity (Wildman–Crippen MR) is 91.9 cm³/mol. The summed E-state index contributed by atoms with van der Waals surface area (Å²) >= 11 is 0. The molecule has 21 heavy (non-hydrogen) atoms. The number of hydrogen-bond donors (Lipinski definition) is 0. The molecule has 1 aliphatic heterocycles. The van der Waals surface area contributed by atoms with Crippen LogP contribution < -0.4 is 0 Å². The zero-order valence-corrected chi connectivity index (χ0v) is 13.4. The number of nitrogens with zero attached hydrogens (tertiary/aromatic N) is 1. The molecule has 0 bridgehead atoms. The van der Waals surface area contributed by atoms with Crippen molar-refractivity contribution in [3.05, 3.63) is 42.0 Å². The molecule has 0 atom stereocenters. The van der Waals surface area contributed by atoms with E-state index in [2.05, 4.69) is 54.8 Å². The molecule has 0 unspecified atom stereocenters. The first-order chi connectivity index (χ1) is 10.3. The Morgan fingerprint density at radius 2 is 1.57 bits per heavy atom. The van der Waals surface area contributed by atoms with Gasteiger partial charge >= 0.3 is 0 Å². The van der Waals surface area contributed by atoms with Crippen LogP contribution in [0.1, 0.15) is 57.9 Å². The van der Waals surface area contributed by atoms with Crippen LogP contribution in [0.2, 0.25) is 0 Å². The lowest BCUT2D eigenvalue weighted by Gasteiger charge is -2.02. The van der Waals surface area contributed by atoms with Crippen molar-refractivity contribution in [3.63, 3.8) is 0 Å². The van der Waals surface area contributed by atoms with Gasteiger partial charge in [-0.25, -0.2) is 0 Å². The monoisotopic (exact) mass is 280 g/mol. The summed E-state index contributed by atoms with van der Waals surface area (Å²) in [6, 6.07) is 13.4. The molecule has 0 radical (unpaired) electrons. The largest absolute Gasteiger partial charge is 0.214 e. The molecule has 0 fully saturated rings. The topological polar surface area (TPSA) is 3.01 Å². The Bertz CT molecular complexity index is 661.